The molecule has 3 N–H and O–H groups in total. The van der Waals surface area contributed by atoms with Gasteiger partial charge in [-0.3, -0.25) is 9.59 Å². The summed E-state index contributed by atoms with van der Waals surface area (Å²) in [5, 5.41) is 8.02. The summed E-state index contributed by atoms with van der Waals surface area (Å²) in [5.41, 5.74) is 2.20. The zero-order valence-electron chi connectivity index (χ0n) is 17.2. The Morgan fingerprint density at radius 3 is 2.28 bits per heavy atom. The number of amides is 3. The van der Waals surface area contributed by atoms with E-state index in [1.165, 1.54) is 0 Å². The molecule has 2 aromatic carbocycles. The second-order valence-electron chi connectivity index (χ2n) is 7.56. The quantitative estimate of drug-likeness (QED) is 0.696. The SMILES string of the molecule is Cc1ccccc1C(=O)Nc1ccccc1CNC(=O)CNC(=O)OC(C)(C)C. The second-order valence-corrected chi connectivity index (χ2v) is 7.56. The van der Waals surface area contributed by atoms with E-state index in [1.54, 1.807) is 32.9 Å². The van der Waals surface area contributed by atoms with Crippen LogP contribution in [0.25, 0.3) is 0 Å². The van der Waals surface area contributed by atoms with E-state index in [-0.39, 0.29) is 24.9 Å². The Labute approximate surface area is 170 Å². The number of aryl methyl sites for hydroxylation is 1. The first-order valence-electron chi connectivity index (χ1n) is 9.34. The van der Waals surface area contributed by atoms with E-state index < -0.39 is 11.7 Å². The number of benzene rings is 2. The van der Waals surface area contributed by atoms with Gasteiger partial charge in [-0.1, -0.05) is 36.4 Å². The summed E-state index contributed by atoms with van der Waals surface area (Å²) in [4.78, 5) is 36.2. The summed E-state index contributed by atoms with van der Waals surface area (Å²) in [6.45, 7) is 7.11. The van der Waals surface area contributed by atoms with Gasteiger partial charge in [-0.15, -0.1) is 0 Å². The minimum Gasteiger partial charge on any atom is -0.444 e. The Morgan fingerprint density at radius 2 is 1.59 bits per heavy atom. The Kier molecular flexibility index (Phi) is 7.36. The first-order chi connectivity index (χ1) is 13.7. The molecule has 7 heteroatoms. The molecule has 0 aliphatic rings. The number of ether oxygens (including phenoxy) is 1. The van der Waals surface area contributed by atoms with E-state index in [4.69, 9.17) is 4.74 Å². The van der Waals surface area contributed by atoms with Gasteiger partial charge in [0, 0.05) is 17.8 Å². The monoisotopic (exact) mass is 397 g/mol. The molecule has 154 valence electrons. The van der Waals surface area contributed by atoms with Crippen molar-refractivity contribution < 1.29 is 19.1 Å². The van der Waals surface area contributed by atoms with Gasteiger partial charge in [0.25, 0.3) is 5.91 Å². The fraction of sp³-hybridized carbons (Fsp3) is 0.318. The van der Waals surface area contributed by atoms with Crippen molar-refractivity contribution in [3.8, 4) is 0 Å². The third-order valence-corrected chi connectivity index (χ3v) is 3.92. The van der Waals surface area contributed by atoms with Gasteiger partial charge in [0.1, 0.15) is 12.1 Å². The topological polar surface area (TPSA) is 96.5 Å². The van der Waals surface area contributed by atoms with Gasteiger partial charge in [-0.2, -0.15) is 0 Å². The van der Waals surface area contributed by atoms with Crippen molar-refractivity contribution in [2.24, 2.45) is 0 Å². The molecule has 0 saturated carbocycles. The lowest BCUT2D eigenvalue weighted by molar-refractivity contribution is -0.120. The van der Waals surface area contributed by atoms with E-state index in [2.05, 4.69) is 16.0 Å². The molecule has 3 amide bonds. The number of alkyl carbamates (subject to hydrolysis) is 1. The minimum atomic E-state index is -0.654. The maximum Gasteiger partial charge on any atom is 0.408 e. The van der Waals surface area contributed by atoms with Crippen molar-refractivity contribution in [3.05, 3.63) is 65.2 Å². The van der Waals surface area contributed by atoms with E-state index in [1.807, 2.05) is 43.3 Å². The van der Waals surface area contributed by atoms with Gasteiger partial charge in [-0.05, 0) is 51.0 Å². The number of rotatable bonds is 6. The van der Waals surface area contributed by atoms with E-state index in [0.717, 1.165) is 11.1 Å². The first-order valence-corrected chi connectivity index (χ1v) is 9.34. The smallest absolute Gasteiger partial charge is 0.408 e. The fourth-order valence-electron chi connectivity index (χ4n) is 2.54. The van der Waals surface area contributed by atoms with Gasteiger partial charge >= 0.3 is 6.09 Å². The van der Waals surface area contributed by atoms with E-state index in [0.29, 0.717) is 11.3 Å². The van der Waals surface area contributed by atoms with Gasteiger partial charge < -0.3 is 20.7 Å². The molecule has 2 aromatic rings. The lowest BCUT2D eigenvalue weighted by Gasteiger charge is -2.19. The van der Waals surface area contributed by atoms with Crippen LogP contribution in [0.2, 0.25) is 0 Å². The van der Waals surface area contributed by atoms with Crippen molar-refractivity contribution in [1.29, 1.82) is 0 Å². The number of carbonyl (C=O) groups excluding carboxylic acids is 3. The van der Waals surface area contributed by atoms with Gasteiger partial charge in [0.05, 0.1) is 0 Å². The highest BCUT2D eigenvalue weighted by molar-refractivity contribution is 6.05. The van der Waals surface area contributed by atoms with Crippen LogP contribution in [0.15, 0.2) is 48.5 Å². The van der Waals surface area contributed by atoms with Crippen LogP contribution < -0.4 is 16.0 Å². The van der Waals surface area contributed by atoms with Crippen molar-refractivity contribution in [1.82, 2.24) is 10.6 Å². The molecular weight excluding hydrogens is 370 g/mol. The zero-order chi connectivity index (χ0) is 21.4. The molecular formula is C22H27N3O4. The largest absolute Gasteiger partial charge is 0.444 e. The molecule has 0 heterocycles. The summed E-state index contributed by atoms with van der Waals surface area (Å²) in [7, 11) is 0. The molecule has 0 radical (unpaired) electrons. The lowest BCUT2D eigenvalue weighted by atomic mass is 10.1. The Bertz CT molecular complexity index is 888. The standard InChI is InChI=1S/C22H27N3O4/c1-15-9-5-7-11-17(15)20(27)25-18-12-8-6-10-16(18)13-23-19(26)14-24-21(28)29-22(2,3)4/h5-12H,13-14H2,1-4H3,(H,23,26)(H,24,28)(H,25,27). The summed E-state index contributed by atoms with van der Waals surface area (Å²) in [5.74, 6) is -0.579. The van der Waals surface area contributed by atoms with Gasteiger partial charge in [0.15, 0.2) is 0 Å². The summed E-state index contributed by atoms with van der Waals surface area (Å²) < 4.78 is 5.09. The summed E-state index contributed by atoms with van der Waals surface area (Å²) in [6.07, 6.45) is -0.654. The zero-order valence-corrected chi connectivity index (χ0v) is 17.2. The highest BCUT2D eigenvalue weighted by Crippen LogP contribution is 2.17. The molecule has 0 atom stereocenters. The molecule has 0 aliphatic heterocycles. The fourth-order valence-corrected chi connectivity index (χ4v) is 2.54. The highest BCUT2D eigenvalue weighted by Gasteiger charge is 2.17. The molecule has 0 saturated heterocycles. The van der Waals surface area contributed by atoms with Crippen LogP contribution in [0.4, 0.5) is 10.5 Å². The maximum absolute atomic E-state index is 12.6. The number of para-hydroxylation sites is 1. The van der Waals surface area contributed by atoms with Crippen LogP contribution >= 0.6 is 0 Å². The van der Waals surface area contributed by atoms with E-state index >= 15 is 0 Å². The van der Waals surface area contributed by atoms with Crippen molar-refractivity contribution in [2.45, 2.75) is 39.8 Å². The Morgan fingerprint density at radius 1 is 0.931 bits per heavy atom. The molecule has 0 aliphatic carbocycles. The van der Waals surface area contributed by atoms with Gasteiger partial charge in [-0.25, -0.2) is 4.79 Å². The predicted octanol–water partition coefficient (Wildman–Crippen LogP) is 3.39. The van der Waals surface area contributed by atoms with Crippen LogP contribution in [-0.4, -0.2) is 30.1 Å². The minimum absolute atomic E-state index is 0.202. The van der Waals surface area contributed by atoms with E-state index in [9.17, 15) is 14.4 Å². The summed E-state index contributed by atoms with van der Waals surface area (Å²) in [6, 6.07) is 14.5. The van der Waals surface area contributed by atoms with Crippen LogP contribution in [0.5, 0.6) is 0 Å². The van der Waals surface area contributed by atoms with Crippen LogP contribution in [0.1, 0.15) is 42.3 Å². The Balaban J connectivity index is 1.92. The van der Waals surface area contributed by atoms with Gasteiger partial charge in [0.2, 0.25) is 5.91 Å². The number of anilines is 1. The van der Waals surface area contributed by atoms with Crippen LogP contribution in [0, 0.1) is 6.92 Å². The number of carbonyl (C=O) groups is 3. The normalized spacial score (nSPS) is 10.8. The highest BCUT2D eigenvalue weighted by atomic mass is 16.6. The molecule has 0 spiro atoms. The first kappa shape index (κ1) is 21.9. The molecule has 0 unspecified atom stereocenters. The third-order valence-electron chi connectivity index (χ3n) is 3.92. The molecule has 2 rings (SSSR count). The number of hydrogen-bond donors (Lipinski definition) is 3. The van der Waals surface area contributed by atoms with Crippen LogP contribution in [-0.2, 0) is 16.1 Å². The maximum atomic E-state index is 12.6. The summed E-state index contributed by atoms with van der Waals surface area (Å²) >= 11 is 0. The molecule has 0 bridgehead atoms. The number of hydrogen-bond acceptors (Lipinski definition) is 4. The molecule has 0 aromatic heterocycles. The average molecular weight is 397 g/mol. The Hall–Kier alpha value is -3.35. The molecule has 29 heavy (non-hydrogen) atoms. The lowest BCUT2D eigenvalue weighted by Crippen LogP contribution is -2.39. The van der Waals surface area contributed by atoms with Crippen molar-refractivity contribution in [3.63, 3.8) is 0 Å². The van der Waals surface area contributed by atoms with Crippen LogP contribution in [0.3, 0.4) is 0 Å². The van der Waals surface area contributed by atoms with Crippen molar-refractivity contribution >= 4 is 23.6 Å². The molecule has 0 fully saturated rings. The van der Waals surface area contributed by atoms with Crippen molar-refractivity contribution in [2.75, 3.05) is 11.9 Å². The number of nitrogens with one attached hydrogen (secondary N) is 3. The second kappa shape index (κ2) is 9.73. The molecule has 7 nitrogen and oxygen atoms in total. The third kappa shape index (κ3) is 7.29. The predicted molar refractivity (Wildman–Crippen MR) is 112 cm³/mol. The average Bonchev–Trinajstić information content (AvgIpc) is 2.64.